The normalized spacial score (nSPS) is 24.7. The van der Waals surface area contributed by atoms with E-state index in [0.717, 1.165) is 6.04 Å². The van der Waals surface area contributed by atoms with Gasteiger partial charge in [-0.1, -0.05) is 12.1 Å². The van der Waals surface area contributed by atoms with E-state index in [0.29, 0.717) is 6.04 Å². The van der Waals surface area contributed by atoms with Gasteiger partial charge in [-0.3, -0.25) is 0 Å². The summed E-state index contributed by atoms with van der Waals surface area (Å²) in [6.45, 7) is 7.24. The van der Waals surface area contributed by atoms with Crippen molar-refractivity contribution in [3.8, 4) is 0 Å². The molecule has 3 nitrogen and oxygen atoms in total. The molecule has 0 bridgehead atoms. The van der Waals surface area contributed by atoms with Gasteiger partial charge in [0, 0.05) is 30.9 Å². The summed E-state index contributed by atoms with van der Waals surface area (Å²) in [7, 11) is 2.29. The van der Waals surface area contributed by atoms with E-state index >= 15 is 0 Å². The maximum atomic E-state index is 3.71. The van der Waals surface area contributed by atoms with Crippen molar-refractivity contribution in [1.82, 2.24) is 9.80 Å². The highest BCUT2D eigenvalue weighted by atomic mass is 15.2. The first-order chi connectivity index (χ1) is 10.7. The Labute approximate surface area is 135 Å². The van der Waals surface area contributed by atoms with Crippen molar-refractivity contribution >= 4 is 5.69 Å². The van der Waals surface area contributed by atoms with Crippen LogP contribution in [0.3, 0.4) is 0 Å². The van der Waals surface area contributed by atoms with Crippen molar-refractivity contribution in [2.75, 3.05) is 38.5 Å². The SMILES string of the molecule is Cc1cccc(NC2CCN(CCC3CCCN3C)CC2)c1. The van der Waals surface area contributed by atoms with Gasteiger partial charge in [0.25, 0.3) is 0 Å². The zero-order valence-electron chi connectivity index (χ0n) is 14.2. The fourth-order valence-electron chi connectivity index (χ4n) is 3.95. The predicted molar refractivity (Wildman–Crippen MR) is 94.5 cm³/mol. The quantitative estimate of drug-likeness (QED) is 0.900. The minimum Gasteiger partial charge on any atom is -0.382 e. The van der Waals surface area contributed by atoms with Crippen LogP contribution in [0, 0.1) is 6.92 Å². The fraction of sp³-hybridized carbons (Fsp3) is 0.684. The van der Waals surface area contributed by atoms with Gasteiger partial charge in [-0.2, -0.15) is 0 Å². The van der Waals surface area contributed by atoms with Crippen LogP contribution in [-0.4, -0.2) is 55.1 Å². The minimum atomic E-state index is 0.646. The molecule has 2 heterocycles. The van der Waals surface area contributed by atoms with Gasteiger partial charge in [-0.25, -0.2) is 0 Å². The lowest BCUT2D eigenvalue weighted by Gasteiger charge is -2.34. The van der Waals surface area contributed by atoms with Crippen LogP contribution in [0.2, 0.25) is 0 Å². The second kappa shape index (κ2) is 7.47. The Hall–Kier alpha value is -1.06. The number of benzene rings is 1. The highest BCUT2D eigenvalue weighted by Gasteiger charge is 2.23. The molecule has 0 aromatic heterocycles. The van der Waals surface area contributed by atoms with Gasteiger partial charge in [-0.15, -0.1) is 0 Å². The first-order valence-electron chi connectivity index (χ1n) is 8.96. The van der Waals surface area contributed by atoms with Crippen molar-refractivity contribution in [3.63, 3.8) is 0 Å². The summed E-state index contributed by atoms with van der Waals surface area (Å²) in [5.41, 5.74) is 2.62. The molecule has 22 heavy (non-hydrogen) atoms. The van der Waals surface area contributed by atoms with E-state index in [4.69, 9.17) is 0 Å². The molecule has 0 aliphatic carbocycles. The second-order valence-corrected chi connectivity index (χ2v) is 7.20. The molecule has 2 aliphatic heterocycles. The first kappa shape index (κ1) is 15.8. The molecule has 1 aromatic rings. The lowest BCUT2D eigenvalue weighted by Crippen LogP contribution is -2.41. The summed E-state index contributed by atoms with van der Waals surface area (Å²) in [6.07, 6.45) is 6.70. The van der Waals surface area contributed by atoms with Crippen LogP contribution in [0.4, 0.5) is 5.69 Å². The largest absolute Gasteiger partial charge is 0.382 e. The molecule has 122 valence electrons. The Morgan fingerprint density at radius 2 is 1.95 bits per heavy atom. The topological polar surface area (TPSA) is 18.5 Å². The van der Waals surface area contributed by atoms with Crippen LogP contribution in [0.5, 0.6) is 0 Å². The predicted octanol–water partition coefficient (Wildman–Crippen LogP) is 3.36. The van der Waals surface area contributed by atoms with Crippen LogP contribution >= 0.6 is 0 Å². The van der Waals surface area contributed by atoms with E-state index in [1.807, 2.05) is 0 Å². The Morgan fingerprint density at radius 3 is 2.64 bits per heavy atom. The molecule has 0 radical (unpaired) electrons. The molecule has 1 unspecified atom stereocenters. The molecule has 2 fully saturated rings. The molecule has 0 spiro atoms. The maximum absolute atomic E-state index is 3.71. The van der Waals surface area contributed by atoms with Crippen LogP contribution in [-0.2, 0) is 0 Å². The lowest BCUT2D eigenvalue weighted by atomic mass is 10.0. The first-order valence-corrected chi connectivity index (χ1v) is 8.96. The van der Waals surface area contributed by atoms with E-state index < -0.39 is 0 Å². The van der Waals surface area contributed by atoms with Gasteiger partial charge in [0.15, 0.2) is 0 Å². The average molecular weight is 301 g/mol. The summed E-state index contributed by atoms with van der Waals surface area (Å²) in [6, 6.07) is 10.2. The number of likely N-dealkylation sites (tertiary alicyclic amines) is 2. The highest BCUT2D eigenvalue weighted by Crippen LogP contribution is 2.21. The third kappa shape index (κ3) is 4.23. The smallest absolute Gasteiger partial charge is 0.0344 e. The molecule has 0 saturated carbocycles. The van der Waals surface area contributed by atoms with Crippen molar-refractivity contribution in [3.05, 3.63) is 29.8 Å². The van der Waals surface area contributed by atoms with Crippen LogP contribution < -0.4 is 5.32 Å². The van der Waals surface area contributed by atoms with E-state index in [1.165, 1.54) is 69.5 Å². The molecule has 1 atom stereocenters. The standard InChI is InChI=1S/C19H31N3/c1-16-5-3-6-18(15-16)20-17-8-12-22(13-9-17)14-10-19-7-4-11-21(19)2/h3,5-6,15,17,19-20H,4,7-14H2,1-2H3. The molecule has 3 rings (SSSR count). The monoisotopic (exact) mass is 301 g/mol. The van der Waals surface area contributed by atoms with Crippen molar-refractivity contribution in [2.24, 2.45) is 0 Å². The Kier molecular flexibility index (Phi) is 5.37. The Morgan fingerprint density at radius 1 is 1.14 bits per heavy atom. The number of rotatable bonds is 5. The van der Waals surface area contributed by atoms with Gasteiger partial charge in [-0.05, 0) is 76.9 Å². The Balaban J connectivity index is 1.39. The molecule has 3 heteroatoms. The zero-order chi connectivity index (χ0) is 15.4. The van der Waals surface area contributed by atoms with E-state index in [1.54, 1.807) is 0 Å². The number of nitrogens with one attached hydrogen (secondary N) is 1. The van der Waals surface area contributed by atoms with Crippen molar-refractivity contribution in [2.45, 2.75) is 51.1 Å². The fourth-order valence-corrected chi connectivity index (χ4v) is 3.95. The van der Waals surface area contributed by atoms with Crippen LogP contribution in [0.25, 0.3) is 0 Å². The van der Waals surface area contributed by atoms with Gasteiger partial charge in [0.2, 0.25) is 0 Å². The molecule has 0 amide bonds. The number of hydrogen-bond acceptors (Lipinski definition) is 3. The average Bonchev–Trinajstić information content (AvgIpc) is 2.92. The van der Waals surface area contributed by atoms with E-state index in [9.17, 15) is 0 Å². The molecule has 2 saturated heterocycles. The van der Waals surface area contributed by atoms with E-state index in [2.05, 4.69) is 53.4 Å². The molecule has 1 aromatic carbocycles. The summed E-state index contributed by atoms with van der Waals surface area (Å²) < 4.78 is 0. The number of aryl methyl sites for hydroxylation is 1. The number of hydrogen-bond donors (Lipinski definition) is 1. The van der Waals surface area contributed by atoms with Gasteiger partial charge in [0.1, 0.15) is 0 Å². The molecular formula is C19H31N3. The van der Waals surface area contributed by atoms with Gasteiger partial charge in [0.05, 0.1) is 0 Å². The van der Waals surface area contributed by atoms with Crippen molar-refractivity contribution in [1.29, 1.82) is 0 Å². The summed E-state index contributed by atoms with van der Waals surface area (Å²) >= 11 is 0. The third-order valence-electron chi connectivity index (χ3n) is 5.43. The number of nitrogens with zero attached hydrogens (tertiary/aromatic N) is 2. The van der Waals surface area contributed by atoms with Gasteiger partial charge >= 0.3 is 0 Å². The van der Waals surface area contributed by atoms with Crippen molar-refractivity contribution < 1.29 is 0 Å². The summed E-state index contributed by atoms with van der Waals surface area (Å²) in [5.74, 6) is 0. The molecule has 1 N–H and O–H groups in total. The summed E-state index contributed by atoms with van der Waals surface area (Å²) in [4.78, 5) is 5.21. The molecular weight excluding hydrogens is 270 g/mol. The maximum Gasteiger partial charge on any atom is 0.0344 e. The highest BCUT2D eigenvalue weighted by molar-refractivity contribution is 5.46. The lowest BCUT2D eigenvalue weighted by molar-refractivity contribution is 0.190. The van der Waals surface area contributed by atoms with E-state index in [-0.39, 0.29) is 0 Å². The van der Waals surface area contributed by atoms with Gasteiger partial charge < -0.3 is 15.1 Å². The number of piperidine rings is 1. The van der Waals surface area contributed by atoms with Crippen LogP contribution in [0.15, 0.2) is 24.3 Å². The Bertz CT molecular complexity index is 466. The second-order valence-electron chi connectivity index (χ2n) is 7.20. The zero-order valence-corrected chi connectivity index (χ0v) is 14.2. The third-order valence-corrected chi connectivity index (χ3v) is 5.43. The molecule has 2 aliphatic rings. The summed E-state index contributed by atoms with van der Waals surface area (Å²) in [5, 5.41) is 3.71. The van der Waals surface area contributed by atoms with Crippen LogP contribution in [0.1, 0.15) is 37.7 Å². The number of anilines is 1. The minimum absolute atomic E-state index is 0.646.